The first-order valence-electron chi connectivity index (χ1n) is 9.00. The van der Waals surface area contributed by atoms with E-state index in [9.17, 15) is 10.1 Å². The van der Waals surface area contributed by atoms with Crippen molar-refractivity contribution in [2.24, 2.45) is 4.99 Å². The van der Waals surface area contributed by atoms with Gasteiger partial charge in [-0.1, -0.05) is 0 Å². The van der Waals surface area contributed by atoms with Gasteiger partial charge in [-0.3, -0.25) is 15.1 Å². The average molecular weight is 377 g/mol. The quantitative estimate of drug-likeness (QED) is 0.373. The van der Waals surface area contributed by atoms with E-state index in [-0.39, 0.29) is 5.69 Å². The summed E-state index contributed by atoms with van der Waals surface area (Å²) in [6.45, 7) is 3.33. The van der Waals surface area contributed by atoms with Gasteiger partial charge in [0.15, 0.2) is 0 Å². The van der Waals surface area contributed by atoms with Gasteiger partial charge in [0.25, 0.3) is 5.69 Å². The molecule has 0 spiro atoms. The summed E-state index contributed by atoms with van der Waals surface area (Å²) < 4.78 is 11.1. The van der Waals surface area contributed by atoms with Crippen molar-refractivity contribution in [1.29, 1.82) is 0 Å². The second kappa shape index (κ2) is 8.06. The summed E-state index contributed by atoms with van der Waals surface area (Å²) in [5.41, 5.74) is 2.84. The van der Waals surface area contributed by atoms with Gasteiger partial charge in [-0.05, 0) is 48.5 Å². The Labute approximate surface area is 162 Å². The SMILES string of the molecule is O=[N+]([O-])c1ccc(-c2ccc(C=Nc3ccc(N4CCOCC4)cc3)o2)cc1. The fraction of sp³-hybridized carbons (Fsp3) is 0.190. The molecule has 1 aliphatic heterocycles. The average Bonchev–Trinajstić information content (AvgIpc) is 3.22. The largest absolute Gasteiger partial charge is 0.455 e. The molecule has 7 nitrogen and oxygen atoms in total. The van der Waals surface area contributed by atoms with E-state index < -0.39 is 4.92 Å². The van der Waals surface area contributed by atoms with Gasteiger partial charge in [-0.15, -0.1) is 0 Å². The Morgan fingerprint density at radius 3 is 2.36 bits per heavy atom. The highest BCUT2D eigenvalue weighted by Crippen LogP contribution is 2.25. The Kier molecular flexibility index (Phi) is 5.16. The Morgan fingerprint density at radius 1 is 0.964 bits per heavy atom. The van der Waals surface area contributed by atoms with Gasteiger partial charge >= 0.3 is 0 Å². The maximum atomic E-state index is 10.7. The molecule has 7 heteroatoms. The van der Waals surface area contributed by atoms with Crippen LogP contribution in [0.4, 0.5) is 17.1 Å². The number of aliphatic imine (C=N–C) groups is 1. The molecule has 142 valence electrons. The number of nitrogens with zero attached hydrogens (tertiary/aromatic N) is 3. The molecule has 0 atom stereocenters. The molecular weight excluding hydrogens is 358 g/mol. The minimum Gasteiger partial charge on any atom is -0.455 e. The number of ether oxygens (including phenoxy) is 1. The van der Waals surface area contributed by atoms with Crippen LogP contribution in [0.25, 0.3) is 11.3 Å². The van der Waals surface area contributed by atoms with E-state index >= 15 is 0 Å². The molecule has 2 aromatic carbocycles. The van der Waals surface area contributed by atoms with Gasteiger partial charge in [-0.25, -0.2) is 0 Å². The first kappa shape index (κ1) is 17.9. The van der Waals surface area contributed by atoms with Crippen LogP contribution in [-0.4, -0.2) is 37.4 Å². The molecule has 0 bridgehead atoms. The topological polar surface area (TPSA) is 81.1 Å². The second-order valence-electron chi connectivity index (χ2n) is 6.38. The van der Waals surface area contributed by atoms with Crippen molar-refractivity contribution in [2.75, 3.05) is 31.2 Å². The highest BCUT2D eigenvalue weighted by molar-refractivity contribution is 5.80. The van der Waals surface area contributed by atoms with Crippen molar-refractivity contribution in [3.8, 4) is 11.3 Å². The lowest BCUT2D eigenvalue weighted by molar-refractivity contribution is -0.384. The van der Waals surface area contributed by atoms with Crippen LogP contribution in [0.1, 0.15) is 5.76 Å². The van der Waals surface area contributed by atoms with Crippen molar-refractivity contribution in [2.45, 2.75) is 0 Å². The lowest BCUT2D eigenvalue weighted by Gasteiger charge is -2.28. The number of benzene rings is 2. The third kappa shape index (κ3) is 4.10. The van der Waals surface area contributed by atoms with E-state index in [2.05, 4.69) is 22.0 Å². The minimum atomic E-state index is -0.422. The Morgan fingerprint density at radius 2 is 1.68 bits per heavy atom. The molecule has 1 saturated heterocycles. The zero-order valence-corrected chi connectivity index (χ0v) is 15.2. The minimum absolute atomic E-state index is 0.0534. The van der Waals surface area contributed by atoms with Crippen LogP contribution >= 0.6 is 0 Å². The van der Waals surface area contributed by atoms with E-state index in [1.807, 2.05) is 24.3 Å². The number of hydrogen-bond acceptors (Lipinski definition) is 6. The van der Waals surface area contributed by atoms with Crippen LogP contribution in [-0.2, 0) is 4.74 Å². The maximum absolute atomic E-state index is 10.7. The van der Waals surface area contributed by atoms with Crippen LogP contribution < -0.4 is 4.90 Å². The number of rotatable bonds is 5. The number of morpholine rings is 1. The summed E-state index contributed by atoms with van der Waals surface area (Å²) in [4.78, 5) is 17.1. The Hall–Kier alpha value is -3.45. The number of furan rings is 1. The van der Waals surface area contributed by atoms with E-state index in [1.54, 1.807) is 18.3 Å². The molecule has 28 heavy (non-hydrogen) atoms. The molecule has 1 aromatic heterocycles. The fourth-order valence-electron chi connectivity index (χ4n) is 3.03. The molecule has 3 aromatic rings. The van der Waals surface area contributed by atoms with E-state index in [4.69, 9.17) is 9.15 Å². The summed E-state index contributed by atoms with van der Waals surface area (Å²) in [6, 6.07) is 18.0. The first-order chi connectivity index (χ1) is 13.7. The summed E-state index contributed by atoms with van der Waals surface area (Å²) in [6.07, 6.45) is 1.67. The molecule has 0 N–H and O–H groups in total. The number of hydrogen-bond donors (Lipinski definition) is 0. The highest BCUT2D eigenvalue weighted by atomic mass is 16.6. The Balaban J connectivity index is 1.43. The molecular formula is C21H19N3O4. The predicted molar refractivity (Wildman–Crippen MR) is 108 cm³/mol. The van der Waals surface area contributed by atoms with E-state index in [0.717, 1.165) is 37.6 Å². The van der Waals surface area contributed by atoms with Gasteiger partial charge < -0.3 is 14.1 Å². The van der Waals surface area contributed by atoms with Crippen molar-refractivity contribution in [1.82, 2.24) is 0 Å². The van der Waals surface area contributed by atoms with Gasteiger partial charge in [0.1, 0.15) is 11.5 Å². The van der Waals surface area contributed by atoms with Crippen LogP contribution in [0.2, 0.25) is 0 Å². The number of nitro groups is 1. The Bertz CT molecular complexity index is 972. The van der Waals surface area contributed by atoms with E-state index in [0.29, 0.717) is 11.5 Å². The zero-order chi connectivity index (χ0) is 19.3. The molecule has 0 saturated carbocycles. The van der Waals surface area contributed by atoms with E-state index in [1.165, 1.54) is 17.8 Å². The lowest BCUT2D eigenvalue weighted by Crippen LogP contribution is -2.36. The van der Waals surface area contributed by atoms with Crippen LogP contribution in [0.5, 0.6) is 0 Å². The van der Waals surface area contributed by atoms with Crippen LogP contribution in [0.15, 0.2) is 70.1 Å². The van der Waals surface area contributed by atoms with Gasteiger partial charge in [0.2, 0.25) is 0 Å². The van der Waals surface area contributed by atoms with Crippen molar-refractivity contribution < 1.29 is 14.1 Å². The van der Waals surface area contributed by atoms with Crippen LogP contribution in [0.3, 0.4) is 0 Å². The van der Waals surface area contributed by atoms with Crippen molar-refractivity contribution in [3.63, 3.8) is 0 Å². The highest BCUT2D eigenvalue weighted by Gasteiger charge is 2.11. The molecule has 1 aliphatic rings. The molecule has 0 radical (unpaired) electrons. The van der Waals surface area contributed by atoms with Gasteiger partial charge in [0, 0.05) is 36.5 Å². The second-order valence-corrected chi connectivity index (χ2v) is 6.38. The smallest absolute Gasteiger partial charge is 0.269 e. The monoisotopic (exact) mass is 377 g/mol. The normalized spacial score (nSPS) is 14.5. The van der Waals surface area contributed by atoms with Gasteiger partial charge in [-0.2, -0.15) is 0 Å². The summed E-state index contributed by atoms with van der Waals surface area (Å²) >= 11 is 0. The summed E-state index contributed by atoms with van der Waals surface area (Å²) in [7, 11) is 0. The van der Waals surface area contributed by atoms with Crippen molar-refractivity contribution >= 4 is 23.3 Å². The molecule has 4 rings (SSSR count). The first-order valence-corrected chi connectivity index (χ1v) is 9.00. The lowest BCUT2D eigenvalue weighted by atomic mass is 10.1. The molecule has 0 aliphatic carbocycles. The molecule has 0 unspecified atom stereocenters. The third-order valence-corrected chi connectivity index (χ3v) is 4.56. The molecule has 2 heterocycles. The fourth-order valence-corrected chi connectivity index (χ4v) is 3.03. The number of non-ortho nitro benzene ring substituents is 1. The maximum Gasteiger partial charge on any atom is 0.269 e. The van der Waals surface area contributed by atoms with Crippen LogP contribution in [0, 0.1) is 10.1 Å². The third-order valence-electron chi connectivity index (χ3n) is 4.56. The number of nitro benzene ring substituents is 1. The summed E-state index contributed by atoms with van der Waals surface area (Å²) in [5, 5.41) is 10.7. The predicted octanol–water partition coefficient (Wildman–Crippen LogP) is 4.44. The zero-order valence-electron chi connectivity index (χ0n) is 15.2. The molecule has 0 amide bonds. The standard InChI is InChI=1S/C21H19N3O4/c25-24(26)19-5-1-16(2-6-19)21-10-9-20(28-21)15-22-17-3-7-18(8-4-17)23-11-13-27-14-12-23/h1-10,15H,11-14H2. The van der Waals surface area contributed by atoms with Gasteiger partial charge in [0.05, 0.1) is 30.0 Å². The number of anilines is 1. The molecule has 1 fully saturated rings. The summed E-state index contributed by atoms with van der Waals surface area (Å²) in [5.74, 6) is 1.25. The van der Waals surface area contributed by atoms with Crippen molar-refractivity contribution in [3.05, 3.63) is 76.5 Å².